The molecule has 2 aliphatic rings. The normalized spacial score (nSPS) is 14.7. The van der Waals surface area contributed by atoms with E-state index in [4.69, 9.17) is 0 Å². The fourth-order valence-electron chi connectivity index (χ4n) is 5.59. The first kappa shape index (κ1) is 30.7. The van der Waals surface area contributed by atoms with Crippen molar-refractivity contribution in [3.63, 3.8) is 0 Å². The van der Waals surface area contributed by atoms with Gasteiger partial charge in [-0.1, -0.05) is 65.3 Å². The Balaban J connectivity index is 0.000000166. The Morgan fingerprint density at radius 3 is 1.98 bits per heavy atom. The summed E-state index contributed by atoms with van der Waals surface area (Å²) in [6.45, 7) is 13.6. The quantitative estimate of drug-likeness (QED) is 0.128. The molecular formula is C39H46Hf. The van der Waals surface area contributed by atoms with Gasteiger partial charge in [0.2, 0.25) is 0 Å². The van der Waals surface area contributed by atoms with E-state index in [1.54, 1.807) is 3.26 Å². The van der Waals surface area contributed by atoms with Gasteiger partial charge in [-0.05, 0) is 28.4 Å². The molecule has 0 N–H and O–H groups in total. The molecule has 0 aromatic heterocycles. The first-order chi connectivity index (χ1) is 19.0. The summed E-state index contributed by atoms with van der Waals surface area (Å²) >= 11 is 1.23. The van der Waals surface area contributed by atoms with Gasteiger partial charge in [0.1, 0.15) is 0 Å². The van der Waals surface area contributed by atoms with Crippen LogP contribution in [0.15, 0.2) is 91.0 Å². The maximum atomic E-state index is 3.67. The molecule has 2 aliphatic carbocycles. The van der Waals surface area contributed by atoms with Gasteiger partial charge in [-0.25, -0.2) is 12.1 Å². The Morgan fingerprint density at radius 2 is 1.40 bits per heavy atom. The van der Waals surface area contributed by atoms with Crippen LogP contribution in [0.4, 0.5) is 0 Å². The van der Waals surface area contributed by atoms with Crippen LogP contribution in [-0.2, 0) is 41.1 Å². The van der Waals surface area contributed by atoms with Crippen molar-refractivity contribution in [3.8, 4) is 11.1 Å². The monoisotopic (exact) mass is 694 g/mol. The van der Waals surface area contributed by atoms with Gasteiger partial charge in [0, 0.05) is 0 Å². The molecule has 0 saturated heterocycles. The molecule has 1 fully saturated rings. The molecule has 4 aromatic rings. The molecule has 1 saturated carbocycles. The number of rotatable bonds is 2. The molecule has 0 heterocycles. The molecule has 0 aliphatic heterocycles. The van der Waals surface area contributed by atoms with Crippen LogP contribution in [-0.4, -0.2) is 3.26 Å². The molecule has 1 heteroatoms. The van der Waals surface area contributed by atoms with Gasteiger partial charge in [0.15, 0.2) is 0 Å². The average molecular weight is 693 g/mol. The molecule has 0 unspecified atom stereocenters. The van der Waals surface area contributed by atoms with E-state index in [9.17, 15) is 0 Å². The van der Waals surface area contributed by atoms with E-state index >= 15 is 0 Å². The average Bonchev–Trinajstić information content (AvgIpc) is 3.64. The molecule has 0 atom stereocenters. The van der Waals surface area contributed by atoms with Gasteiger partial charge in [0.25, 0.3) is 0 Å². The first-order valence-corrected chi connectivity index (χ1v) is 16.8. The fourth-order valence-corrected chi connectivity index (χ4v) is 7.23. The zero-order chi connectivity index (χ0) is 28.8. The minimum Gasteiger partial charge on any atom is -0.214 e. The van der Waals surface area contributed by atoms with Crippen molar-refractivity contribution in [1.29, 1.82) is 0 Å². The molecule has 0 bridgehead atoms. The minimum atomic E-state index is 0.167. The van der Waals surface area contributed by atoms with Crippen molar-refractivity contribution < 1.29 is 23.9 Å². The summed E-state index contributed by atoms with van der Waals surface area (Å²) < 4.78 is 1.74. The maximum absolute atomic E-state index is 3.67. The van der Waals surface area contributed by atoms with Crippen molar-refractivity contribution in [2.75, 3.05) is 0 Å². The largest absolute Gasteiger partial charge is 0.214 e. The van der Waals surface area contributed by atoms with Crippen molar-refractivity contribution in [2.24, 2.45) is 5.92 Å². The predicted molar refractivity (Wildman–Crippen MR) is 170 cm³/mol. The SMILES string of the molecule is CC(C)(C)c1[c-]c2c(cc1)-c1ccc(C(C)(C)C)cc1C2.[Hf+2]=[C](c1ccccc1)C1CCCCC1.c1cc[cH-]c1. The molecule has 0 spiro atoms. The van der Waals surface area contributed by atoms with E-state index in [1.165, 1.54) is 94.9 Å². The van der Waals surface area contributed by atoms with Crippen molar-refractivity contribution in [1.82, 2.24) is 0 Å². The van der Waals surface area contributed by atoms with Gasteiger partial charge in [-0.2, -0.15) is 42.0 Å². The van der Waals surface area contributed by atoms with E-state index in [0.717, 1.165) is 12.3 Å². The Hall–Kier alpha value is -2.25. The molecular weight excluding hydrogens is 647 g/mol. The van der Waals surface area contributed by atoms with Crippen LogP contribution in [0, 0.1) is 12.0 Å². The maximum Gasteiger partial charge on any atom is -0.172 e. The van der Waals surface area contributed by atoms with Gasteiger partial charge in [0.05, 0.1) is 0 Å². The Bertz CT molecular complexity index is 1280. The van der Waals surface area contributed by atoms with Gasteiger partial charge in [-0.3, -0.25) is 0 Å². The van der Waals surface area contributed by atoms with E-state index < -0.39 is 0 Å². The second-order valence-corrected chi connectivity index (χ2v) is 15.3. The summed E-state index contributed by atoms with van der Waals surface area (Å²) in [6.07, 6.45) is 8.26. The molecule has 0 amide bonds. The van der Waals surface area contributed by atoms with Crippen LogP contribution < -0.4 is 0 Å². The van der Waals surface area contributed by atoms with Crippen molar-refractivity contribution in [2.45, 2.75) is 90.9 Å². The standard InChI is InChI=1S/C21H25.C13H16.C5H5.Hf/c1-20(2,3)16-7-9-18-14(12-16)11-15-13-17(21(4,5)6)8-10-19(15)18;1-3-7-12(8-4-1)11-13-9-5-2-6-10-13;1-2-4-5-3-1;/h7-10,12H,11H2,1-6H3;1,3-4,7-8,13H,2,5-6,9-10H2;1-5H;/q-1;;-1;+2. The van der Waals surface area contributed by atoms with Gasteiger partial charge >= 0.3 is 101 Å². The molecule has 6 rings (SSSR count). The zero-order valence-corrected chi connectivity index (χ0v) is 29.1. The van der Waals surface area contributed by atoms with Crippen LogP contribution in [0.2, 0.25) is 0 Å². The summed E-state index contributed by atoms with van der Waals surface area (Å²) in [4.78, 5) is 0. The van der Waals surface area contributed by atoms with Crippen molar-refractivity contribution >= 4 is 3.26 Å². The van der Waals surface area contributed by atoms with Crippen LogP contribution in [0.25, 0.3) is 11.1 Å². The number of hydrogen-bond acceptors (Lipinski definition) is 0. The van der Waals surface area contributed by atoms with E-state index in [0.29, 0.717) is 0 Å². The molecule has 4 aromatic carbocycles. The number of benzene rings is 3. The van der Waals surface area contributed by atoms with Crippen molar-refractivity contribution in [3.05, 3.63) is 125 Å². The van der Waals surface area contributed by atoms with Gasteiger partial charge in [-0.15, -0.1) is 11.1 Å². The third-order valence-corrected chi connectivity index (χ3v) is 10.6. The van der Waals surface area contributed by atoms with Crippen LogP contribution in [0.5, 0.6) is 0 Å². The van der Waals surface area contributed by atoms with E-state index in [2.05, 4.69) is 108 Å². The third kappa shape index (κ3) is 8.16. The number of fused-ring (bicyclic) bond motifs is 3. The molecule has 40 heavy (non-hydrogen) atoms. The fraction of sp³-hybridized carbons (Fsp3) is 0.385. The summed E-state index contributed by atoms with van der Waals surface area (Å²) in [5.74, 6) is 0.915. The Kier molecular flexibility index (Phi) is 10.4. The second-order valence-electron chi connectivity index (χ2n) is 13.4. The summed E-state index contributed by atoms with van der Waals surface area (Å²) in [6, 6.07) is 36.2. The van der Waals surface area contributed by atoms with Gasteiger partial charge < -0.3 is 0 Å². The topological polar surface area (TPSA) is 0 Å². The summed E-state index contributed by atoms with van der Waals surface area (Å²) in [7, 11) is 0. The Morgan fingerprint density at radius 1 is 0.750 bits per heavy atom. The number of hydrogen-bond donors (Lipinski definition) is 0. The molecule has 206 valence electrons. The van der Waals surface area contributed by atoms with Crippen LogP contribution in [0.3, 0.4) is 0 Å². The second kappa shape index (κ2) is 13.6. The van der Waals surface area contributed by atoms with Crippen LogP contribution in [0.1, 0.15) is 101 Å². The predicted octanol–water partition coefficient (Wildman–Crippen LogP) is 10.4. The summed E-state index contributed by atoms with van der Waals surface area (Å²) in [5, 5.41) is 0. The van der Waals surface area contributed by atoms with E-state index in [1.807, 2.05) is 30.3 Å². The molecule has 0 nitrogen and oxygen atoms in total. The van der Waals surface area contributed by atoms with E-state index in [-0.39, 0.29) is 10.8 Å². The third-order valence-electron chi connectivity index (χ3n) is 8.12. The smallest absolute Gasteiger partial charge is 0.172 e. The summed E-state index contributed by atoms with van der Waals surface area (Å²) in [5.41, 5.74) is 10.2. The van der Waals surface area contributed by atoms with Crippen LogP contribution >= 0.6 is 0 Å². The Labute approximate surface area is 258 Å². The first-order valence-electron chi connectivity index (χ1n) is 15.0. The molecule has 0 radical (unpaired) electrons. The minimum absolute atomic E-state index is 0.167. The zero-order valence-electron chi connectivity index (χ0n) is 25.5.